The molecule has 1 heterocycles. The zero-order valence-corrected chi connectivity index (χ0v) is 9.21. The highest BCUT2D eigenvalue weighted by molar-refractivity contribution is 5.78. The standard InChI is InChI=1S/C10H20N2O2/c1-4-8(2)11-9(13)5-12-6-10(3,14)7-12/h8,14H,4-7H2,1-3H3,(H,11,13). The Hall–Kier alpha value is -0.610. The molecule has 0 radical (unpaired) electrons. The summed E-state index contributed by atoms with van der Waals surface area (Å²) in [5, 5.41) is 12.3. The summed E-state index contributed by atoms with van der Waals surface area (Å²) in [5.41, 5.74) is -0.587. The van der Waals surface area contributed by atoms with Crippen molar-refractivity contribution < 1.29 is 9.90 Å². The lowest BCUT2D eigenvalue weighted by atomic mass is 9.97. The lowest BCUT2D eigenvalue weighted by molar-refractivity contribution is -0.130. The van der Waals surface area contributed by atoms with E-state index in [-0.39, 0.29) is 11.9 Å². The fraction of sp³-hybridized carbons (Fsp3) is 0.900. The number of hydrogen-bond donors (Lipinski definition) is 2. The maximum atomic E-state index is 11.4. The highest BCUT2D eigenvalue weighted by atomic mass is 16.3. The number of nitrogens with zero attached hydrogens (tertiary/aromatic N) is 1. The number of rotatable bonds is 4. The van der Waals surface area contributed by atoms with Gasteiger partial charge in [0.15, 0.2) is 0 Å². The number of carbonyl (C=O) groups is 1. The zero-order valence-electron chi connectivity index (χ0n) is 9.21. The number of nitrogens with one attached hydrogen (secondary N) is 1. The number of β-amino-alcohol motifs (C(OH)–C–C–N with tert-alkyl or cyclic N) is 1. The Kier molecular flexibility index (Phi) is 3.50. The summed E-state index contributed by atoms with van der Waals surface area (Å²) in [6.45, 7) is 7.42. The summed E-state index contributed by atoms with van der Waals surface area (Å²) in [4.78, 5) is 13.3. The first-order valence-electron chi connectivity index (χ1n) is 5.17. The van der Waals surface area contributed by atoms with E-state index < -0.39 is 5.60 Å². The van der Waals surface area contributed by atoms with Crippen LogP contribution in [0, 0.1) is 0 Å². The summed E-state index contributed by atoms with van der Waals surface area (Å²) in [6, 6.07) is 0.240. The minimum atomic E-state index is -0.587. The van der Waals surface area contributed by atoms with Gasteiger partial charge in [-0.1, -0.05) is 6.92 Å². The van der Waals surface area contributed by atoms with E-state index in [1.165, 1.54) is 0 Å². The van der Waals surface area contributed by atoms with Gasteiger partial charge < -0.3 is 10.4 Å². The van der Waals surface area contributed by atoms with Crippen molar-refractivity contribution in [2.75, 3.05) is 19.6 Å². The van der Waals surface area contributed by atoms with Crippen molar-refractivity contribution >= 4 is 5.91 Å². The molecule has 82 valence electrons. The van der Waals surface area contributed by atoms with E-state index in [0.717, 1.165) is 6.42 Å². The van der Waals surface area contributed by atoms with Crippen LogP contribution >= 0.6 is 0 Å². The van der Waals surface area contributed by atoms with Crippen LogP contribution < -0.4 is 5.32 Å². The topological polar surface area (TPSA) is 52.6 Å². The number of carbonyl (C=O) groups excluding carboxylic acids is 1. The van der Waals surface area contributed by atoms with Gasteiger partial charge in [0.05, 0.1) is 12.1 Å². The zero-order chi connectivity index (χ0) is 10.8. The molecule has 0 aromatic rings. The Morgan fingerprint density at radius 2 is 2.21 bits per heavy atom. The maximum Gasteiger partial charge on any atom is 0.234 e. The van der Waals surface area contributed by atoms with Gasteiger partial charge in [0.1, 0.15) is 0 Å². The monoisotopic (exact) mass is 200 g/mol. The van der Waals surface area contributed by atoms with Crippen molar-refractivity contribution in [1.29, 1.82) is 0 Å². The van der Waals surface area contributed by atoms with Crippen molar-refractivity contribution in [3.05, 3.63) is 0 Å². The summed E-state index contributed by atoms with van der Waals surface area (Å²) in [6.07, 6.45) is 0.948. The average molecular weight is 200 g/mol. The second-order valence-electron chi connectivity index (χ2n) is 4.52. The largest absolute Gasteiger partial charge is 0.388 e. The molecule has 1 atom stereocenters. The third-order valence-electron chi connectivity index (χ3n) is 2.52. The fourth-order valence-electron chi connectivity index (χ4n) is 1.65. The molecule has 0 saturated carbocycles. The minimum Gasteiger partial charge on any atom is -0.388 e. The van der Waals surface area contributed by atoms with E-state index >= 15 is 0 Å². The van der Waals surface area contributed by atoms with Crippen molar-refractivity contribution in [3.8, 4) is 0 Å². The van der Waals surface area contributed by atoms with Crippen LogP contribution in [0.3, 0.4) is 0 Å². The van der Waals surface area contributed by atoms with Gasteiger partial charge in [-0.25, -0.2) is 0 Å². The molecule has 4 nitrogen and oxygen atoms in total. The molecule has 0 aromatic heterocycles. The van der Waals surface area contributed by atoms with Crippen molar-refractivity contribution in [3.63, 3.8) is 0 Å². The average Bonchev–Trinajstić information content (AvgIpc) is 2.00. The van der Waals surface area contributed by atoms with Crippen molar-refractivity contribution in [2.24, 2.45) is 0 Å². The number of aliphatic hydroxyl groups is 1. The Labute approximate surface area is 85.3 Å². The van der Waals surface area contributed by atoms with E-state index in [0.29, 0.717) is 19.6 Å². The third-order valence-corrected chi connectivity index (χ3v) is 2.52. The quantitative estimate of drug-likeness (QED) is 0.670. The lowest BCUT2D eigenvalue weighted by Crippen LogP contribution is -2.61. The van der Waals surface area contributed by atoms with Crippen molar-refractivity contribution in [1.82, 2.24) is 10.2 Å². The van der Waals surface area contributed by atoms with Crippen LogP contribution in [0.15, 0.2) is 0 Å². The predicted molar refractivity (Wildman–Crippen MR) is 55.0 cm³/mol. The Morgan fingerprint density at radius 1 is 1.64 bits per heavy atom. The van der Waals surface area contributed by atoms with Gasteiger partial charge >= 0.3 is 0 Å². The molecule has 1 aliphatic heterocycles. The number of likely N-dealkylation sites (tertiary alicyclic amines) is 1. The van der Waals surface area contributed by atoms with Crippen LogP contribution in [0.2, 0.25) is 0 Å². The SMILES string of the molecule is CCC(C)NC(=O)CN1CC(C)(O)C1. The predicted octanol–water partition coefficient (Wildman–Crippen LogP) is -0.0323. The fourth-order valence-corrected chi connectivity index (χ4v) is 1.65. The van der Waals surface area contributed by atoms with Gasteiger partial charge in [-0.05, 0) is 20.3 Å². The highest BCUT2D eigenvalue weighted by Crippen LogP contribution is 2.18. The van der Waals surface area contributed by atoms with Gasteiger partial charge in [-0.2, -0.15) is 0 Å². The van der Waals surface area contributed by atoms with Gasteiger partial charge in [0, 0.05) is 19.1 Å². The van der Waals surface area contributed by atoms with E-state index in [4.69, 9.17) is 0 Å². The molecule has 0 aliphatic carbocycles. The smallest absolute Gasteiger partial charge is 0.234 e. The lowest BCUT2D eigenvalue weighted by Gasteiger charge is -2.43. The molecule has 4 heteroatoms. The molecule has 2 N–H and O–H groups in total. The van der Waals surface area contributed by atoms with Gasteiger partial charge in [-0.3, -0.25) is 9.69 Å². The molecule has 0 aromatic carbocycles. The molecule has 0 bridgehead atoms. The Balaban J connectivity index is 2.17. The number of amides is 1. The third kappa shape index (κ3) is 3.27. The summed E-state index contributed by atoms with van der Waals surface area (Å²) >= 11 is 0. The summed E-state index contributed by atoms with van der Waals surface area (Å²) in [5.74, 6) is 0.0508. The van der Waals surface area contributed by atoms with Crippen LogP contribution in [0.4, 0.5) is 0 Å². The second-order valence-corrected chi connectivity index (χ2v) is 4.52. The van der Waals surface area contributed by atoms with Crippen LogP contribution in [-0.4, -0.2) is 47.2 Å². The normalized spacial score (nSPS) is 22.6. The molecule has 0 spiro atoms. The van der Waals surface area contributed by atoms with E-state index in [9.17, 15) is 9.90 Å². The Morgan fingerprint density at radius 3 is 2.64 bits per heavy atom. The molecular formula is C10H20N2O2. The summed E-state index contributed by atoms with van der Waals surface area (Å²) < 4.78 is 0. The molecule has 1 rings (SSSR count). The van der Waals surface area contributed by atoms with Gasteiger partial charge in [0.2, 0.25) is 5.91 Å². The molecular weight excluding hydrogens is 180 g/mol. The van der Waals surface area contributed by atoms with Crippen LogP contribution in [-0.2, 0) is 4.79 Å². The first-order valence-corrected chi connectivity index (χ1v) is 5.17. The van der Waals surface area contributed by atoms with Crippen LogP contribution in [0.5, 0.6) is 0 Å². The van der Waals surface area contributed by atoms with Crippen LogP contribution in [0.25, 0.3) is 0 Å². The minimum absolute atomic E-state index is 0.0508. The first kappa shape index (κ1) is 11.5. The van der Waals surface area contributed by atoms with Gasteiger partial charge in [-0.15, -0.1) is 0 Å². The van der Waals surface area contributed by atoms with Crippen molar-refractivity contribution in [2.45, 2.75) is 38.8 Å². The van der Waals surface area contributed by atoms with E-state index in [2.05, 4.69) is 5.32 Å². The second kappa shape index (κ2) is 4.28. The molecule has 1 unspecified atom stereocenters. The van der Waals surface area contributed by atoms with Gasteiger partial charge in [0.25, 0.3) is 0 Å². The molecule has 1 aliphatic rings. The highest BCUT2D eigenvalue weighted by Gasteiger charge is 2.37. The molecule has 1 saturated heterocycles. The van der Waals surface area contributed by atoms with E-state index in [1.54, 1.807) is 6.92 Å². The molecule has 1 amide bonds. The van der Waals surface area contributed by atoms with Crippen LogP contribution in [0.1, 0.15) is 27.2 Å². The molecule has 1 fully saturated rings. The summed E-state index contributed by atoms with van der Waals surface area (Å²) in [7, 11) is 0. The Bertz CT molecular complexity index is 208. The van der Waals surface area contributed by atoms with E-state index in [1.807, 2.05) is 18.7 Å². The number of hydrogen-bond acceptors (Lipinski definition) is 3. The first-order chi connectivity index (χ1) is 6.43. The maximum absolute atomic E-state index is 11.4. The molecule has 14 heavy (non-hydrogen) atoms.